The van der Waals surface area contributed by atoms with E-state index in [0.717, 1.165) is 38.2 Å². The van der Waals surface area contributed by atoms with Gasteiger partial charge in [0, 0.05) is 39.1 Å². The summed E-state index contributed by atoms with van der Waals surface area (Å²) in [6.07, 6.45) is 2.99. The Hall–Kier alpha value is -3.24. The first-order valence-corrected chi connectivity index (χ1v) is 10.0. The number of rotatable bonds is 2. The highest BCUT2D eigenvalue weighted by Crippen LogP contribution is 2.41. The molecular weight excluding hydrogens is 411 g/mol. The van der Waals surface area contributed by atoms with Crippen molar-refractivity contribution in [2.75, 3.05) is 31.6 Å². The molecule has 0 N–H and O–H groups in total. The molecule has 0 aromatic carbocycles. The van der Waals surface area contributed by atoms with Gasteiger partial charge in [0.05, 0.1) is 17.8 Å². The second kappa shape index (κ2) is 6.89. The van der Waals surface area contributed by atoms with Gasteiger partial charge in [0.15, 0.2) is 17.2 Å². The summed E-state index contributed by atoms with van der Waals surface area (Å²) in [7, 11) is 1.84. The minimum absolute atomic E-state index is 0.171. The van der Waals surface area contributed by atoms with Crippen molar-refractivity contribution in [3.63, 3.8) is 0 Å². The first kappa shape index (κ1) is 19.7. The van der Waals surface area contributed by atoms with Crippen LogP contribution in [0.3, 0.4) is 0 Å². The number of halogens is 3. The molecule has 2 aliphatic rings. The van der Waals surface area contributed by atoms with Crippen molar-refractivity contribution in [2.45, 2.75) is 25.4 Å². The van der Waals surface area contributed by atoms with Gasteiger partial charge in [0.25, 0.3) is 0 Å². The minimum Gasteiger partial charge on any atom is -0.355 e. The Balaban J connectivity index is 1.47. The number of likely N-dealkylation sites (tertiary alicyclic amines) is 1. The normalized spacial score (nSPS) is 22.1. The Morgan fingerprint density at radius 2 is 1.94 bits per heavy atom. The van der Waals surface area contributed by atoms with E-state index in [-0.39, 0.29) is 17.4 Å². The molecule has 3 aromatic heterocycles. The number of anilines is 1. The average Bonchev–Trinajstić information content (AvgIpc) is 3.36. The van der Waals surface area contributed by atoms with E-state index in [2.05, 4.69) is 19.9 Å². The highest BCUT2D eigenvalue weighted by molar-refractivity contribution is 5.84. The smallest absolute Gasteiger partial charge is 0.355 e. The van der Waals surface area contributed by atoms with Gasteiger partial charge in [-0.2, -0.15) is 13.2 Å². The lowest BCUT2D eigenvalue weighted by Gasteiger charge is -2.37. The van der Waals surface area contributed by atoms with Crippen molar-refractivity contribution >= 4 is 17.4 Å². The van der Waals surface area contributed by atoms with Crippen molar-refractivity contribution in [2.24, 2.45) is 5.41 Å². The van der Waals surface area contributed by atoms with Gasteiger partial charge in [-0.3, -0.25) is 9.20 Å². The standard InChI is InChI=1S/C20H20F3N7O/c1-28-7-2-4-19(18(28)31)5-8-29(12-19)15-3-6-24-17(27-15)13-9-26-16-10-25-14(11-30(13)16)20(21,22)23/h3,6,9-11H,2,4-5,7-8,12H2,1H3. The number of carbonyl (C=O) groups excluding carboxylic acids is 1. The largest absolute Gasteiger partial charge is 0.434 e. The molecule has 1 amide bonds. The molecule has 2 aliphatic heterocycles. The molecule has 0 bridgehead atoms. The first-order valence-electron chi connectivity index (χ1n) is 10.0. The molecule has 0 aliphatic carbocycles. The summed E-state index contributed by atoms with van der Waals surface area (Å²) in [6, 6.07) is 1.76. The number of hydrogen-bond acceptors (Lipinski definition) is 6. The molecule has 1 atom stereocenters. The number of amides is 1. The number of carbonyl (C=O) groups is 1. The topological polar surface area (TPSA) is 79.5 Å². The van der Waals surface area contributed by atoms with Crippen LogP contribution in [-0.4, -0.2) is 61.8 Å². The monoisotopic (exact) mass is 431 g/mol. The van der Waals surface area contributed by atoms with Gasteiger partial charge < -0.3 is 9.80 Å². The van der Waals surface area contributed by atoms with Crippen LogP contribution in [0.25, 0.3) is 17.2 Å². The lowest BCUT2D eigenvalue weighted by molar-refractivity contribution is -0.143. The SMILES string of the molecule is CN1CCCC2(CCN(c3ccnc(-c4cnc5cnc(C(F)(F)F)cn45)n3)C2)C1=O. The van der Waals surface area contributed by atoms with Crippen molar-refractivity contribution < 1.29 is 18.0 Å². The van der Waals surface area contributed by atoms with Crippen LogP contribution in [-0.2, 0) is 11.0 Å². The van der Waals surface area contributed by atoms with Crippen LogP contribution in [0.1, 0.15) is 25.0 Å². The maximum atomic E-state index is 13.1. The summed E-state index contributed by atoms with van der Waals surface area (Å²) >= 11 is 0. The fraction of sp³-hybridized carbons (Fsp3) is 0.450. The van der Waals surface area contributed by atoms with Gasteiger partial charge in [-0.15, -0.1) is 0 Å². The lowest BCUT2D eigenvalue weighted by Crippen LogP contribution is -2.48. The van der Waals surface area contributed by atoms with E-state index in [0.29, 0.717) is 24.6 Å². The molecule has 162 valence electrons. The van der Waals surface area contributed by atoms with E-state index >= 15 is 0 Å². The van der Waals surface area contributed by atoms with Gasteiger partial charge in [-0.05, 0) is 25.3 Å². The fourth-order valence-electron chi connectivity index (χ4n) is 4.56. The third kappa shape index (κ3) is 3.28. The summed E-state index contributed by atoms with van der Waals surface area (Å²) in [5.41, 5.74) is -0.800. The molecule has 8 nitrogen and oxygen atoms in total. The van der Waals surface area contributed by atoms with Gasteiger partial charge in [-0.1, -0.05) is 0 Å². The molecule has 5 rings (SSSR count). The van der Waals surface area contributed by atoms with Crippen LogP contribution in [0.5, 0.6) is 0 Å². The average molecular weight is 431 g/mol. The van der Waals surface area contributed by atoms with E-state index < -0.39 is 17.3 Å². The number of imidazole rings is 1. The molecule has 31 heavy (non-hydrogen) atoms. The number of nitrogens with zero attached hydrogens (tertiary/aromatic N) is 7. The van der Waals surface area contributed by atoms with Gasteiger partial charge in [0.1, 0.15) is 11.5 Å². The Labute approximate surface area is 175 Å². The molecule has 11 heteroatoms. The Morgan fingerprint density at radius 3 is 2.74 bits per heavy atom. The fourth-order valence-corrected chi connectivity index (χ4v) is 4.56. The van der Waals surface area contributed by atoms with Crippen LogP contribution in [0.2, 0.25) is 0 Å². The minimum atomic E-state index is -4.57. The molecule has 2 fully saturated rings. The Morgan fingerprint density at radius 1 is 1.10 bits per heavy atom. The van der Waals surface area contributed by atoms with E-state index in [1.807, 2.05) is 11.9 Å². The second-order valence-corrected chi connectivity index (χ2v) is 8.16. The number of piperidine rings is 1. The summed E-state index contributed by atoms with van der Waals surface area (Å²) in [4.78, 5) is 33.0. The van der Waals surface area contributed by atoms with Crippen molar-refractivity contribution in [3.8, 4) is 11.5 Å². The lowest BCUT2D eigenvalue weighted by atomic mass is 9.78. The first-order chi connectivity index (χ1) is 14.8. The van der Waals surface area contributed by atoms with Crippen LogP contribution in [0.4, 0.5) is 19.0 Å². The van der Waals surface area contributed by atoms with Crippen LogP contribution >= 0.6 is 0 Å². The van der Waals surface area contributed by atoms with E-state index in [4.69, 9.17) is 0 Å². The third-order valence-electron chi connectivity index (χ3n) is 6.18. The quantitative estimate of drug-likeness (QED) is 0.621. The van der Waals surface area contributed by atoms with E-state index in [9.17, 15) is 18.0 Å². The summed E-state index contributed by atoms with van der Waals surface area (Å²) in [5.74, 6) is 1.07. The van der Waals surface area contributed by atoms with Crippen molar-refractivity contribution in [3.05, 3.63) is 36.5 Å². The van der Waals surface area contributed by atoms with Crippen molar-refractivity contribution in [1.82, 2.24) is 29.2 Å². The summed E-state index contributed by atoms with van der Waals surface area (Å²) in [5, 5.41) is 0. The number of hydrogen-bond donors (Lipinski definition) is 0. The number of fused-ring (bicyclic) bond motifs is 1. The predicted molar refractivity (Wildman–Crippen MR) is 105 cm³/mol. The summed E-state index contributed by atoms with van der Waals surface area (Å²) in [6.45, 7) is 2.04. The summed E-state index contributed by atoms with van der Waals surface area (Å²) < 4.78 is 40.6. The van der Waals surface area contributed by atoms with Crippen LogP contribution in [0, 0.1) is 5.41 Å². The number of aromatic nitrogens is 5. The highest BCUT2D eigenvalue weighted by Gasteiger charge is 2.47. The molecule has 2 saturated heterocycles. The van der Waals surface area contributed by atoms with E-state index in [1.54, 1.807) is 17.2 Å². The predicted octanol–water partition coefficient (Wildman–Crippen LogP) is 2.65. The third-order valence-corrected chi connectivity index (χ3v) is 6.18. The Kier molecular flexibility index (Phi) is 4.38. The molecule has 0 saturated carbocycles. The second-order valence-electron chi connectivity index (χ2n) is 8.16. The van der Waals surface area contributed by atoms with E-state index in [1.165, 1.54) is 10.6 Å². The maximum Gasteiger partial charge on any atom is 0.434 e. The zero-order valence-electron chi connectivity index (χ0n) is 16.8. The maximum absolute atomic E-state index is 13.1. The zero-order valence-corrected chi connectivity index (χ0v) is 16.8. The molecule has 0 radical (unpaired) electrons. The molecule has 1 spiro atoms. The Bertz CT molecular complexity index is 1160. The van der Waals surface area contributed by atoms with Crippen molar-refractivity contribution in [1.29, 1.82) is 0 Å². The molecule has 5 heterocycles. The zero-order chi connectivity index (χ0) is 21.8. The molecular formula is C20H20F3N7O. The number of alkyl halides is 3. The van der Waals surface area contributed by atoms with Gasteiger partial charge >= 0.3 is 6.18 Å². The van der Waals surface area contributed by atoms with Crippen LogP contribution < -0.4 is 4.90 Å². The highest BCUT2D eigenvalue weighted by atomic mass is 19.4. The molecule has 3 aromatic rings. The van der Waals surface area contributed by atoms with Gasteiger partial charge in [-0.25, -0.2) is 19.9 Å². The van der Waals surface area contributed by atoms with Gasteiger partial charge in [0.2, 0.25) is 5.91 Å². The molecule has 1 unspecified atom stereocenters. The van der Waals surface area contributed by atoms with Crippen LogP contribution in [0.15, 0.2) is 30.9 Å².